The number of aryl methyl sites for hydroxylation is 2. The largest absolute Gasteiger partial charge is 0.497 e. The van der Waals surface area contributed by atoms with Crippen molar-refractivity contribution in [3.63, 3.8) is 0 Å². The van der Waals surface area contributed by atoms with Gasteiger partial charge >= 0.3 is 5.97 Å². The fourth-order valence-electron chi connectivity index (χ4n) is 3.89. The summed E-state index contributed by atoms with van der Waals surface area (Å²) < 4.78 is 21.8. The van der Waals surface area contributed by atoms with Gasteiger partial charge in [0, 0.05) is 18.1 Å². The Bertz CT molecular complexity index is 1590. The second-order valence-electron chi connectivity index (χ2n) is 8.10. The molecule has 0 aliphatic heterocycles. The average molecular weight is 482 g/mol. The molecule has 0 spiro atoms. The van der Waals surface area contributed by atoms with Gasteiger partial charge in [0.25, 0.3) is 0 Å². The monoisotopic (exact) mass is 482 g/mol. The van der Waals surface area contributed by atoms with E-state index >= 15 is 0 Å². The van der Waals surface area contributed by atoms with Crippen LogP contribution in [-0.2, 0) is 11.2 Å². The highest BCUT2D eigenvalue weighted by molar-refractivity contribution is 5.84. The summed E-state index contributed by atoms with van der Waals surface area (Å²) in [6, 6.07) is 21.3. The maximum Gasteiger partial charge on any atom is 0.311 e. The van der Waals surface area contributed by atoms with Gasteiger partial charge in [-0.2, -0.15) is 4.98 Å². The number of hydrogen-bond donors (Lipinski definition) is 0. The van der Waals surface area contributed by atoms with E-state index < -0.39 is 5.97 Å². The molecule has 0 aliphatic rings. The predicted molar refractivity (Wildman–Crippen MR) is 133 cm³/mol. The number of ether oxygens (including phenoxy) is 2. The fraction of sp³-hybridized carbons (Fsp3) is 0.143. The van der Waals surface area contributed by atoms with Gasteiger partial charge in [0.2, 0.25) is 17.1 Å². The van der Waals surface area contributed by atoms with E-state index in [1.54, 1.807) is 44.4 Å². The van der Waals surface area contributed by atoms with Crippen molar-refractivity contribution < 1.29 is 23.2 Å². The summed E-state index contributed by atoms with van der Waals surface area (Å²) in [6.45, 7) is 1.74. The Morgan fingerprint density at radius 1 is 0.944 bits per heavy atom. The second kappa shape index (κ2) is 9.87. The predicted octanol–water partition coefficient (Wildman–Crippen LogP) is 5.37. The molecular weight excluding hydrogens is 460 g/mol. The third-order valence-corrected chi connectivity index (χ3v) is 5.69. The van der Waals surface area contributed by atoms with Crippen LogP contribution in [-0.4, -0.2) is 23.2 Å². The molecule has 3 aromatic carbocycles. The molecule has 0 bridgehead atoms. The average Bonchev–Trinajstić information content (AvgIpc) is 3.37. The number of fused-ring (bicyclic) bond motifs is 1. The Hall–Kier alpha value is -4.72. The van der Waals surface area contributed by atoms with Crippen LogP contribution >= 0.6 is 0 Å². The molecule has 5 rings (SSSR count). The number of methoxy groups -OCH3 is 1. The number of nitrogens with zero attached hydrogens (tertiary/aromatic N) is 2. The van der Waals surface area contributed by atoms with Gasteiger partial charge in [-0.05, 0) is 48.9 Å². The van der Waals surface area contributed by atoms with Gasteiger partial charge in [-0.25, -0.2) is 0 Å². The molecule has 5 aromatic rings. The third-order valence-electron chi connectivity index (χ3n) is 5.69. The first-order valence-electron chi connectivity index (χ1n) is 11.3. The van der Waals surface area contributed by atoms with E-state index in [2.05, 4.69) is 10.1 Å². The van der Waals surface area contributed by atoms with Crippen LogP contribution in [0, 0.1) is 6.92 Å². The van der Waals surface area contributed by atoms with Gasteiger partial charge in [-0.15, -0.1) is 0 Å². The first kappa shape index (κ1) is 23.0. The lowest BCUT2D eigenvalue weighted by molar-refractivity contribution is -0.134. The van der Waals surface area contributed by atoms with Gasteiger partial charge in [0.05, 0.1) is 24.5 Å². The molecule has 8 heteroatoms. The van der Waals surface area contributed by atoms with Crippen LogP contribution in [0.3, 0.4) is 0 Å². The van der Waals surface area contributed by atoms with Crippen molar-refractivity contribution in [2.24, 2.45) is 0 Å². The fourth-order valence-corrected chi connectivity index (χ4v) is 3.89. The van der Waals surface area contributed by atoms with Crippen molar-refractivity contribution in [3.05, 3.63) is 94.7 Å². The van der Waals surface area contributed by atoms with Crippen LogP contribution in [0.2, 0.25) is 0 Å². The lowest BCUT2D eigenvalue weighted by atomic mass is 10.0. The zero-order chi connectivity index (χ0) is 25.1. The quantitative estimate of drug-likeness (QED) is 0.225. The second-order valence-corrected chi connectivity index (χ2v) is 8.10. The molecular formula is C28H22N2O6. The smallest absolute Gasteiger partial charge is 0.311 e. The van der Waals surface area contributed by atoms with Gasteiger partial charge in [-0.3, -0.25) is 9.59 Å². The minimum absolute atomic E-state index is 0.0399. The van der Waals surface area contributed by atoms with Crippen molar-refractivity contribution >= 4 is 16.9 Å². The first-order valence-corrected chi connectivity index (χ1v) is 11.3. The molecule has 0 amide bonds. The van der Waals surface area contributed by atoms with Crippen molar-refractivity contribution in [1.29, 1.82) is 0 Å². The molecule has 0 saturated heterocycles. The van der Waals surface area contributed by atoms with E-state index in [0.717, 1.165) is 16.9 Å². The van der Waals surface area contributed by atoms with E-state index in [1.807, 2.05) is 42.5 Å². The normalized spacial score (nSPS) is 10.9. The molecule has 0 aliphatic carbocycles. The van der Waals surface area contributed by atoms with Crippen LogP contribution in [0.4, 0.5) is 0 Å². The van der Waals surface area contributed by atoms with Crippen LogP contribution < -0.4 is 14.9 Å². The van der Waals surface area contributed by atoms with E-state index in [9.17, 15) is 9.59 Å². The molecule has 2 aromatic heterocycles. The van der Waals surface area contributed by atoms with Gasteiger partial charge in [-0.1, -0.05) is 35.5 Å². The summed E-state index contributed by atoms with van der Waals surface area (Å²) in [4.78, 5) is 29.8. The zero-order valence-electron chi connectivity index (χ0n) is 19.7. The van der Waals surface area contributed by atoms with Crippen molar-refractivity contribution in [1.82, 2.24) is 10.1 Å². The summed E-state index contributed by atoms with van der Waals surface area (Å²) in [7, 11) is 1.59. The molecule has 2 heterocycles. The van der Waals surface area contributed by atoms with Gasteiger partial charge < -0.3 is 18.4 Å². The maximum absolute atomic E-state index is 13.1. The van der Waals surface area contributed by atoms with Gasteiger partial charge in [0.15, 0.2) is 0 Å². The Balaban J connectivity index is 1.26. The van der Waals surface area contributed by atoms with Crippen LogP contribution in [0.25, 0.3) is 33.5 Å². The summed E-state index contributed by atoms with van der Waals surface area (Å²) in [6.07, 6.45) is 0.266. The number of carbonyl (C=O) groups is 1. The van der Waals surface area contributed by atoms with E-state index in [-0.39, 0.29) is 24.0 Å². The Kier molecular flexibility index (Phi) is 6.32. The van der Waals surface area contributed by atoms with Crippen LogP contribution in [0.1, 0.15) is 18.1 Å². The molecule has 36 heavy (non-hydrogen) atoms. The SMILES string of the molecule is COc1ccc(-c2noc(CCC(=O)Oc3ccc4c(=O)c(-c5ccccc5)c(C)oc4c3)n2)cc1. The number of esters is 1. The van der Waals surface area contributed by atoms with E-state index in [1.165, 1.54) is 0 Å². The molecule has 0 atom stereocenters. The zero-order valence-corrected chi connectivity index (χ0v) is 19.7. The molecule has 0 fully saturated rings. The molecule has 0 N–H and O–H groups in total. The number of rotatable bonds is 7. The molecule has 0 unspecified atom stereocenters. The van der Waals surface area contributed by atoms with Crippen LogP contribution in [0.5, 0.6) is 11.5 Å². The standard InChI is InChI=1S/C28H22N2O6/c1-17-26(18-6-4-3-5-7-18)27(32)22-13-12-21(16-23(22)34-17)35-25(31)15-14-24-29-28(30-36-24)19-8-10-20(33-2)11-9-19/h3-13,16H,14-15H2,1-2H3. The number of aromatic nitrogens is 2. The van der Waals surface area contributed by atoms with Crippen molar-refractivity contribution in [2.75, 3.05) is 7.11 Å². The topological polar surface area (TPSA) is 105 Å². The lowest BCUT2D eigenvalue weighted by Gasteiger charge is -2.08. The number of benzene rings is 3. The van der Waals surface area contributed by atoms with Crippen molar-refractivity contribution in [3.8, 4) is 34.0 Å². The highest BCUT2D eigenvalue weighted by atomic mass is 16.5. The summed E-state index contributed by atoms with van der Waals surface area (Å²) in [5.74, 6) is 1.78. The summed E-state index contributed by atoms with van der Waals surface area (Å²) >= 11 is 0. The minimum atomic E-state index is -0.474. The maximum atomic E-state index is 13.1. The van der Waals surface area contributed by atoms with Crippen molar-refractivity contribution in [2.45, 2.75) is 19.8 Å². The summed E-state index contributed by atoms with van der Waals surface area (Å²) in [5, 5.41) is 4.38. The Morgan fingerprint density at radius 3 is 2.44 bits per heavy atom. The molecule has 0 saturated carbocycles. The van der Waals surface area contributed by atoms with Crippen LogP contribution in [0.15, 0.2) is 86.5 Å². The lowest BCUT2D eigenvalue weighted by Crippen LogP contribution is -2.10. The Labute approximate surface area is 206 Å². The first-order chi connectivity index (χ1) is 17.5. The third kappa shape index (κ3) is 4.74. The number of hydrogen-bond acceptors (Lipinski definition) is 8. The van der Waals surface area contributed by atoms with E-state index in [4.69, 9.17) is 18.4 Å². The van der Waals surface area contributed by atoms with Gasteiger partial charge in [0.1, 0.15) is 22.8 Å². The summed E-state index contributed by atoms with van der Waals surface area (Å²) in [5.41, 5.74) is 2.29. The number of carbonyl (C=O) groups excluding carboxylic acids is 1. The van der Waals surface area contributed by atoms with E-state index in [0.29, 0.717) is 34.0 Å². The molecule has 180 valence electrons. The molecule has 0 radical (unpaired) electrons. The minimum Gasteiger partial charge on any atom is -0.497 e. The molecule has 8 nitrogen and oxygen atoms in total. The highest BCUT2D eigenvalue weighted by Gasteiger charge is 2.16. The Morgan fingerprint density at radius 2 is 1.69 bits per heavy atom. The highest BCUT2D eigenvalue weighted by Crippen LogP contribution is 2.26.